The Balaban J connectivity index is 2.65. The summed E-state index contributed by atoms with van der Waals surface area (Å²) in [7, 11) is 0. The van der Waals surface area contributed by atoms with Gasteiger partial charge in [0.1, 0.15) is 0 Å². The monoisotopic (exact) mass is 250 g/mol. The summed E-state index contributed by atoms with van der Waals surface area (Å²) in [6.07, 6.45) is 0. The number of nitro groups is 1. The zero-order chi connectivity index (χ0) is 13.4. The molecule has 2 N–H and O–H groups in total. The fourth-order valence-corrected chi connectivity index (χ4v) is 1.40. The highest BCUT2D eigenvalue weighted by Crippen LogP contribution is 2.12. The molecule has 0 amide bonds. The molecule has 6 nitrogen and oxygen atoms in total. The van der Waals surface area contributed by atoms with Crippen LogP contribution in [-0.4, -0.2) is 24.0 Å². The summed E-state index contributed by atoms with van der Waals surface area (Å²) in [4.78, 5) is 14.5. The van der Waals surface area contributed by atoms with Crippen molar-refractivity contribution in [1.82, 2.24) is 10.6 Å². The molecular weight excluding hydrogens is 232 g/mol. The third kappa shape index (κ3) is 4.40. The first-order valence-electron chi connectivity index (χ1n) is 5.92. The zero-order valence-corrected chi connectivity index (χ0v) is 10.6. The van der Waals surface area contributed by atoms with Crippen molar-refractivity contribution in [3.05, 3.63) is 39.9 Å². The van der Waals surface area contributed by atoms with Gasteiger partial charge in [-0.3, -0.25) is 10.1 Å². The highest BCUT2D eigenvalue weighted by atomic mass is 16.6. The molecule has 0 unspecified atom stereocenters. The Morgan fingerprint density at radius 2 is 1.78 bits per heavy atom. The molecule has 0 heterocycles. The lowest BCUT2D eigenvalue weighted by Crippen LogP contribution is -2.36. The molecule has 0 atom stereocenters. The van der Waals surface area contributed by atoms with Crippen LogP contribution in [0.15, 0.2) is 29.3 Å². The van der Waals surface area contributed by atoms with Gasteiger partial charge in [0, 0.05) is 25.2 Å². The van der Waals surface area contributed by atoms with Gasteiger partial charge < -0.3 is 10.6 Å². The number of nitrogens with zero attached hydrogens (tertiary/aromatic N) is 2. The maximum Gasteiger partial charge on any atom is 0.269 e. The number of hydrogen-bond donors (Lipinski definition) is 2. The van der Waals surface area contributed by atoms with Crippen molar-refractivity contribution < 1.29 is 4.92 Å². The maximum absolute atomic E-state index is 10.5. The zero-order valence-electron chi connectivity index (χ0n) is 10.6. The fourth-order valence-electron chi connectivity index (χ4n) is 1.40. The lowest BCUT2D eigenvalue weighted by atomic mass is 10.2. The third-order valence-electron chi connectivity index (χ3n) is 2.26. The largest absolute Gasteiger partial charge is 0.357 e. The molecule has 98 valence electrons. The second-order valence-corrected chi connectivity index (χ2v) is 3.65. The summed E-state index contributed by atoms with van der Waals surface area (Å²) < 4.78 is 0. The van der Waals surface area contributed by atoms with Gasteiger partial charge in [-0.25, -0.2) is 4.99 Å². The standard InChI is InChI=1S/C12H18N4O2/c1-3-13-12(14-4-2)15-9-10-5-7-11(8-6-10)16(17)18/h5-8H,3-4,9H2,1-2H3,(H2,13,14,15). The summed E-state index contributed by atoms with van der Waals surface area (Å²) in [5.74, 6) is 0.748. The smallest absolute Gasteiger partial charge is 0.269 e. The average Bonchev–Trinajstić information content (AvgIpc) is 2.37. The van der Waals surface area contributed by atoms with Gasteiger partial charge in [0.2, 0.25) is 0 Å². The molecule has 0 saturated heterocycles. The molecule has 0 spiro atoms. The van der Waals surface area contributed by atoms with Crippen molar-refractivity contribution >= 4 is 11.6 Å². The number of aliphatic imine (C=N–C) groups is 1. The molecule has 0 aliphatic carbocycles. The first-order valence-corrected chi connectivity index (χ1v) is 5.92. The van der Waals surface area contributed by atoms with E-state index in [-0.39, 0.29) is 5.69 Å². The van der Waals surface area contributed by atoms with E-state index in [1.54, 1.807) is 12.1 Å². The van der Waals surface area contributed by atoms with Crippen LogP contribution in [0.5, 0.6) is 0 Å². The fraction of sp³-hybridized carbons (Fsp3) is 0.417. The van der Waals surface area contributed by atoms with Gasteiger partial charge in [-0.15, -0.1) is 0 Å². The molecule has 0 aromatic heterocycles. The molecule has 1 aromatic carbocycles. The molecule has 0 bridgehead atoms. The molecule has 18 heavy (non-hydrogen) atoms. The van der Waals surface area contributed by atoms with E-state index in [2.05, 4.69) is 15.6 Å². The SMILES string of the molecule is CCNC(=NCc1ccc([N+](=O)[O-])cc1)NCC. The Labute approximate surface area is 106 Å². The Hall–Kier alpha value is -2.11. The number of non-ortho nitro benzene ring substituents is 1. The van der Waals surface area contributed by atoms with Crippen molar-refractivity contribution in [3.63, 3.8) is 0 Å². The minimum absolute atomic E-state index is 0.0984. The number of hydrogen-bond acceptors (Lipinski definition) is 3. The van der Waals surface area contributed by atoms with Crippen LogP contribution in [0.3, 0.4) is 0 Å². The molecule has 1 aromatic rings. The predicted molar refractivity (Wildman–Crippen MR) is 71.6 cm³/mol. The van der Waals surface area contributed by atoms with Crippen molar-refractivity contribution in [2.75, 3.05) is 13.1 Å². The molecule has 0 fully saturated rings. The molecule has 0 saturated carbocycles. The van der Waals surface area contributed by atoms with E-state index in [1.807, 2.05) is 13.8 Å². The molecule has 1 rings (SSSR count). The van der Waals surface area contributed by atoms with Gasteiger partial charge >= 0.3 is 0 Å². The van der Waals surface area contributed by atoms with Crippen LogP contribution in [0.25, 0.3) is 0 Å². The quantitative estimate of drug-likeness (QED) is 0.360. The Morgan fingerprint density at radius 1 is 1.22 bits per heavy atom. The van der Waals surface area contributed by atoms with Crippen LogP contribution in [0.2, 0.25) is 0 Å². The third-order valence-corrected chi connectivity index (χ3v) is 2.26. The van der Waals surface area contributed by atoms with Crippen LogP contribution >= 0.6 is 0 Å². The van der Waals surface area contributed by atoms with Gasteiger partial charge in [-0.1, -0.05) is 12.1 Å². The van der Waals surface area contributed by atoms with Crippen molar-refractivity contribution in [1.29, 1.82) is 0 Å². The van der Waals surface area contributed by atoms with E-state index < -0.39 is 4.92 Å². The number of benzene rings is 1. The van der Waals surface area contributed by atoms with Crippen LogP contribution < -0.4 is 10.6 Å². The predicted octanol–water partition coefficient (Wildman–Crippen LogP) is 1.67. The minimum Gasteiger partial charge on any atom is -0.357 e. The Kier molecular flexibility index (Phi) is 5.63. The number of guanidine groups is 1. The van der Waals surface area contributed by atoms with Crippen LogP contribution in [0, 0.1) is 10.1 Å². The van der Waals surface area contributed by atoms with E-state index in [0.29, 0.717) is 6.54 Å². The molecular formula is C12H18N4O2. The van der Waals surface area contributed by atoms with Crippen molar-refractivity contribution in [2.45, 2.75) is 20.4 Å². The van der Waals surface area contributed by atoms with Crippen molar-refractivity contribution in [2.24, 2.45) is 4.99 Å². The van der Waals surface area contributed by atoms with E-state index >= 15 is 0 Å². The van der Waals surface area contributed by atoms with Gasteiger partial charge in [0.05, 0.1) is 11.5 Å². The topological polar surface area (TPSA) is 79.6 Å². The average molecular weight is 250 g/mol. The number of nitrogens with one attached hydrogen (secondary N) is 2. The van der Waals surface area contributed by atoms with E-state index in [0.717, 1.165) is 24.6 Å². The number of rotatable bonds is 5. The Bertz CT molecular complexity index is 407. The summed E-state index contributed by atoms with van der Waals surface area (Å²) in [6.45, 7) is 6.09. The highest BCUT2D eigenvalue weighted by molar-refractivity contribution is 5.79. The normalized spacial score (nSPS) is 9.67. The summed E-state index contributed by atoms with van der Waals surface area (Å²) in [6, 6.07) is 6.42. The van der Waals surface area contributed by atoms with Crippen LogP contribution in [-0.2, 0) is 6.54 Å². The van der Waals surface area contributed by atoms with Gasteiger partial charge in [-0.2, -0.15) is 0 Å². The number of nitro benzene ring substituents is 1. The Morgan fingerprint density at radius 3 is 2.22 bits per heavy atom. The minimum atomic E-state index is -0.407. The first kappa shape index (κ1) is 14.0. The highest BCUT2D eigenvalue weighted by Gasteiger charge is 2.03. The summed E-state index contributed by atoms with van der Waals surface area (Å²) in [5.41, 5.74) is 1.04. The molecule has 0 aliphatic heterocycles. The molecule has 6 heteroatoms. The van der Waals surface area contributed by atoms with Gasteiger partial charge in [-0.05, 0) is 19.4 Å². The summed E-state index contributed by atoms with van der Waals surface area (Å²) in [5, 5.41) is 16.7. The van der Waals surface area contributed by atoms with Gasteiger partial charge in [0.25, 0.3) is 5.69 Å². The van der Waals surface area contributed by atoms with E-state index in [1.165, 1.54) is 12.1 Å². The molecule has 0 aliphatic rings. The second-order valence-electron chi connectivity index (χ2n) is 3.65. The van der Waals surface area contributed by atoms with Crippen LogP contribution in [0.1, 0.15) is 19.4 Å². The van der Waals surface area contributed by atoms with Crippen molar-refractivity contribution in [3.8, 4) is 0 Å². The van der Waals surface area contributed by atoms with Gasteiger partial charge in [0.15, 0.2) is 5.96 Å². The van der Waals surface area contributed by atoms with Crippen LogP contribution in [0.4, 0.5) is 5.69 Å². The summed E-state index contributed by atoms with van der Waals surface area (Å²) >= 11 is 0. The lowest BCUT2D eigenvalue weighted by Gasteiger charge is -2.08. The second kappa shape index (κ2) is 7.26. The lowest BCUT2D eigenvalue weighted by molar-refractivity contribution is -0.384. The van der Waals surface area contributed by atoms with E-state index in [4.69, 9.17) is 0 Å². The van der Waals surface area contributed by atoms with E-state index in [9.17, 15) is 10.1 Å². The maximum atomic E-state index is 10.5. The first-order chi connectivity index (χ1) is 8.67. The molecule has 0 radical (unpaired) electrons.